The zero-order chi connectivity index (χ0) is 18.8. The van der Waals surface area contributed by atoms with Gasteiger partial charge < -0.3 is 15.5 Å². The van der Waals surface area contributed by atoms with Crippen molar-refractivity contribution in [2.75, 3.05) is 31.5 Å². The Balaban J connectivity index is 2.06. The highest BCUT2D eigenvalue weighted by atomic mass is 35.5. The van der Waals surface area contributed by atoms with Crippen molar-refractivity contribution in [3.05, 3.63) is 58.7 Å². The van der Waals surface area contributed by atoms with Crippen molar-refractivity contribution in [2.24, 2.45) is 0 Å². The molecule has 0 unspecified atom stereocenters. The minimum absolute atomic E-state index is 0.602. The van der Waals surface area contributed by atoms with Gasteiger partial charge in [0.25, 0.3) is 0 Å². The number of pyridine rings is 1. The Bertz CT molecular complexity index is 776. The van der Waals surface area contributed by atoms with Crippen molar-refractivity contribution >= 4 is 29.2 Å². The number of rotatable bonds is 10. The van der Waals surface area contributed by atoms with Crippen molar-refractivity contribution in [3.8, 4) is 0 Å². The molecule has 1 aromatic rings. The molecule has 0 amide bonds. The molecule has 2 N–H and O–H groups in total. The number of aromatic nitrogens is 1. The minimum atomic E-state index is 0.602. The summed E-state index contributed by atoms with van der Waals surface area (Å²) < 4.78 is 0. The first-order valence-corrected chi connectivity index (χ1v) is 9.63. The molecule has 0 saturated carbocycles. The van der Waals surface area contributed by atoms with E-state index >= 15 is 0 Å². The number of halogens is 1. The van der Waals surface area contributed by atoms with Crippen LogP contribution in [0.4, 0.5) is 5.82 Å². The number of allylic oxidation sites excluding steroid dienone is 4. The SMILES string of the molecule is C=C/C(Cl)=C\C=C\Nc1ccc2c(n1)=CCCC=2NCCN(CC)CC. The highest BCUT2D eigenvalue weighted by molar-refractivity contribution is 6.31. The lowest BCUT2D eigenvalue weighted by Crippen LogP contribution is -2.39. The van der Waals surface area contributed by atoms with E-state index in [1.54, 1.807) is 12.2 Å². The monoisotopic (exact) mass is 372 g/mol. The van der Waals surface area contributed by atoms with Crippen molar-refractivity contribution < 1.29 is 0 Å². The Kier molecular flexibility index (Phi) is 8.45. The van der Waals surface area contributed by atoms with Gasteiger partial charge in [0.1, 0.15) is 5.82 Å². The van der Waals surface area contributed by atoms with Crippen molar-refractivity contribution in [1.82, 2.24) is 15.2 Å². The quantitative estimate of drug-likeness (QED) is 0.619. The van der Waals surface area contributed by atoms with Gasteiger partial charge in [-0.2, -0.15) is 0 Å². The molecule has 26 heavy (non-hydrogen) atoms. The molecule has 0 saturated heterocycles. The molecule has 0 bridgehead atoms. The maximum Gasteiger partial charge on any atom is 0.130 e. The summed E-state index contributed by atoms with van der Waals surface area (Å²) in [5, 5.41) is 9.64. The number of likely N-dealkylation sites (N-methyl/N-ethyl adjacent to an activating group) is 1. The van der Waals surface area contributed by atoms with Crippen LogP contribution in [0, 0.1) is 0 Å². The average Bonchev–Trinajstić information content (AvgIpc) is 2.68. The Morgan fingerprint density at radius 3 is 2.88 bits per heavy atom. The average molecular weight is 373 g/mol. The summed E-state index contributed by atoms with van der Waals surface area (Å²) >= 11 is 5.87. The van der Waals surface area contributed by atoms with Crippen LogP contribution < -0.4 is 21.2 Å². The fraction of sp³-hybridized carbons (Fsp3) is 0.381. The Hall–Kier alpha value is -2.04. The molecule has 140 valence electrons. The first kappa shape index (κ1) is 20.3. The van der Waals surface area contributed by atoms with Gasteiger partial charge in [0.2, 0.25) is 0 Å². The van der Waals surface area contributed by atoms with Crippen molar-refractivity contribution in [1.29, 1.82) is 0 Å². The van der Waals surface area contributed by atoms with Gasteiger partial charge in [-0.3, -0.25) is 0 Å². The van der Waals surface area contributed by atoms with E-state index in [1.165, 1.54) is 10.9 Å². The van der Waals surface area contributed by atoms with Gasteiger partial charge in [0.05, 0.1) is 5.35 Å². The van der Waals surface area contributed by atoms with Crippen molar-refractivity contribution in [2.45, 2.75) is 26.7 Å². The number of nitrogens with zero attached hydrogens (tertiary/aromatic N) is 2. The Morgan fingerprint density at radius 2 is 2.15 bits per heavy atom. The second-order valence-corrected chi connectivity index (χ2v) is 6.50. The summed E-state index contributed by atoms with van der Waals surface area (Å²) in [6, 6.07) is 4.15. The fourth-order valence-corrected chi connectivity index (χ4v) is 2.96. The third-order valence-corrected chi connectivity index (χ3v) is 4.70. The van der Waals surface area contributed by atoms with E-state index in [2.05, 4.69) is 48.1 Å². The minimum Gasteiger partial charge on any atom is -0.387 e. The summed E-state index contributed by atoms with van der Waals surface area (Å²) in [5.74, 6) is 0.823. The lowest BCUT2D eigenvalue weighted by Gasteiger charge is -2.20. The zero-order valence-corrected chi connectivity index (χ0v) is 16.5. The molecule has 1 heterocycles. The van der Waals surface area contributed by atoms with E-state index in [4.69, 9.17) is 16.6 Å². The molecule has 0 radical (unpaired) electrons. The van der Waals surface area contributed by atoms with Crippen LogP contribution >= 0.6 is 11.6 Å². The predicted molar refractivity (Wildman–Crippen MR) is 113 cm³/mol. The van der Waals surface area contributed by atoms with E-state index < -0.39 is 0 Å². The van der Waals surface area contributed by atoms with Crippen LogP contribution in [0.2, 0.25) is 0 Å². The van der Waals surface area contributed by atoms with Gasteiger partial charge in [0.15, 0.2) is 0 Å². The molecule has 0 aromatic carbocycles. The van der Waals surface area contributed by atoms with E-state index in [0.29, 0.717) is 5.03 Å². The molecule has 0 atom stereocenters. The Labute approximate surface area is 161 Å². The third-order valence-electron chi connectivity index (χ3n) is 4.42. The lowest BCUT2D eigenvalue weighted by molar-refractivity contribution is 0.307. The van der Waals surface area contributed by atoms with Crippen LogP contribution in [0.3, 0.4) is 0 Å². The highest BCUT2D eigenvalue weighted by Gasteiger charge is 2.06. The van der Waals surface area contributed by atoms with Gasteiger partial charge in [-0.25, -0.2) is 4.98 Å². The number of fused-ring (bicyclic) bond motifs is 1. The standard InChI is InChI=1S/C21H29ClN4/c1-4-17(22)9-8-14-24-21-13-12-18-19(10-7-11-20(18)25-21)23-15-16-26(5-2)6-3/h4,8-9,11-14,23H,1,5-7,10,15-16H2,2-3H3,(H,24,25)/b14-8+,17-9+. The molecule has 4 nitrogen and oxygen atoms in total. The van der Waals surface area contributed by atoms with Crippen LogP contribution in [0.15, 0.2) is 48.2 Å². The third kappa shape index (κ3) is 6.04. The molecule has 0 spiro atoms. The van der Waals surface area contributed by atoms with Gasteiger partial charge in [-0.15, -0.1) is 0 Å². The van der Waals surface area contributed by atoms with Crippen LogP contribution in [0.1, 0.15) is 26.7 Å². The number of anilines is 1. The summed E-state index contributed by atoms with van der Waals surface area (Å²) in [4.78, 5) is 7.14. The summed E-state index contributed by atoms with van der Waals surface area (Å²) in [7, 11) is 0. The lowest BCUT2D eigenvalue weighted by atomic mass is 10.1. The summed E-state index contributed by atoms with van der Waals surface area (Å²) in [5.41, 5.74) is 1.30. The second kappa shape index (κ2) is 10.8. The van der Waals surface area contributed by atoms with Crippen LogP contribution in [-0.2, 0) is 0 Å². The smallest absolute Gasteiger partial charge is 0.130 e. The first-order valence-electron chi connectivity index (χ1n) is 9.25. The summed E-state index contributed by atoms with van der Waals surface area (Å²) in [6.45, 7) is 12.2. The molecule has 1 aliphatic carbocycles. The fourth-order valence-electron chi connectivity index (χ4n) is 2.88. The zero-order valence-electron chi connectivity index (χ0n) is 15.8. The number of nitrogens with one attached hydrogen (secondary N) is 2. The maximum absolute atomic E-state index is 5.87. The molecule has 1 aliphatic rings. The Morgan fingerprint density at radius 1 is 1.35 bits per heavy atom. The first-order chi connectivity index (χ1) is 12.7. The topological polar surface area (TPSA) is 40.2 Å². The van der Waals surface area contributed by atoms with E-state index in [-0.39, 0.29) is 0 Å². The van der Waals surface area contributed by atoms with E-state index in [9.17, 15) is 0 Å². The molecule has 0 aliphatic heterocycles. The van der Waals surface area contributed by atoms with Gasteiger partial charge in [-0.1, -0.05) is 44.2 Å². The van der Waals surface area contributed by atoms with Gasteiger partial charge in [0, 0.05) is 35.2 Å². The summed E-state index contributed by atoms with van der Waals surface area (Å²) in [6.07, 6.45) is 11.3. The molecule has 1 aromatic heterocycles. The molecule has 0 fully saturated rings. The maximum atomic E-state index is 5.87. The number of hydrogen-bond acceptors (Lipinski definition) is 4. The molecule has 2 rings (SSSR count). The van der Waals surface area contributed by atoms with E-state index in [0.717, 1.165) is 50.2 Å². The largest absolute Gasteiger partial charge is 0.387 e. The van der Waals surface area contributed by atoms with Crippen molar-refractivity contribution in [3.63, 3.8) is 0 Å². The number of hydrogen-bond donors (Lipinski definition) is 2. The van der Waals surface area contributed by atoms with Crippen LogP contribution in [0.25, 0.3) is 11.8 Å². The van der Waals surface area contributed by atoms with Crippen LogP contribution in [0.5, 0.6) is 0 Å². The highest BCUT2D eigenvalue weighted by Crippen LogP contribution is 2.06. The van der Waals surface area contributed by atoms with Gasteiger partial charge in [-0.05, 0) is 50.2 Å². The molecule has 5 heteroatoms. The normalized spacial score (nSPS) is 14.3. The van der Waals surface area contributed by atoms with E-state index in [1.807, 2.05) is 18.3 Å². The molecular formula is C21H29ClN4. The second-order valence-electron chi connectivity index (χ2n) is 6.06. The van der Waals surface area contributed by atoms with Crippen LogP contribution in [-0.4, -0.2) is 36.1 Å². The molecular weight excluding hydrogens is 344 g/mol. The predicted octanol–water partition coefficient (Wildman–Crippen LogP) is 2.93. The van der Waals surface area contributed by atoms with Gasteiger partial charge >= 0.3 is 0 Å².